The number of aliphatic hydroxyl groups excluding tert-OH is 1. The van der Waals surface area contributed by atoms with E-state index in [1.807, 2.05) is 0 Å². The molecule has 0 saturated heterocycles. The number of hydrogen-bond acceptors (Lipinski definition) is 4. The molecule has 0 aromatic heterocycles. The van der Waals surface area contributed by atoms with Crippen LogP contribution in [0.5, 0.6) is 5.75 Å². The molecule has 5 nitrogen and oxygen atoms in total. The fraction of sp³-hybridized carbons (Fsp3) is 0.500. The number of carboxylic acids is 1. The van der Waals surface area contributed by atoms with E-state index in [9.17, 15) is 15.0 Å². The fourth-order valence-corrected chi connectivity index (χ4v) is 2.92. The molecule has 1 fully saturated rings. The highest BCUT2D eigenvalue weighted by molar-refractivity contribution is 5.92. The summed E-state index contributed by atoms with van der Waals surface area (Å²) in [5, 5.41) is 22.6. The van der Waals surface area contributed by atoms with Crippen molar-refractivity contribution < 1.29 is 19.7 Å². The zero-order valence-electron chi connectivity index (χ0n) is 13.5. The molecule has 3 N–H and O–H groups in total. The lowest BCUT2D eigenvalue weighted by Crippen LogP contribution is -2.40. The fourth-order valence-electron chi connectivity index (χ4n) is 2.92. The molecule has 1 unspecified atom stereocenters. The normalized spacial score (nSPS) is 17.7. The molecule has 1 aliphatic rings. The Hall–Kier alpha value is -1.85. The Balaban J connectivity index is 1.99. The van der Waals surface area contributed by atoms with Gasteiger partial charge in [-0.25, -0.2) is 4.79 Å². The molecule has 0 heterocycles. The molecular weight excluding hydrogens is 294 g/mol. The van der Waals surface area contributed by atoms with E-state index in [4.69, 9.17) is 4.74 Å². The van der Waals surface area contributed by atoms with Gasteiger partial charge in [0.25, 0.3) is 0 Å². The molecule has 1 aliphatic carbocycles. The minimum Gasteiger partial charge on any atom is -0.497 e. The molecule has 0 amide bonds. The van der Waals surface area contributed by atoms with Crippen LogP contribution < -0.4 is 10.1 Å². The predicted octanol–water partition coefficient (Wildman–Crippen LogP) is 2.79. The first-order chi connectivity index (χ1) is 11.1. The van der Waals surface area contributed by atoms with Crippen LogP contribution >= 0.6 is 0 Å². The van der Waals surface area contributed by atoms with Crippen molar-refractivity contribution in [3.63, 3.8) is 0 Å². The van der Waals surface area contributed by atoms with Gasteiger partial charge in [-0.3, -0.25) is 5.32 Å². The first-order valence-electron chi connectivity index (χ1n) is 8.10. The van der Waals surface area contributed by atoms with Crippen LogP contribution in [0.4, 0.5) is 0 Å². The van der Waals surface area contributed by atoms with Crippen LogP contribution in [0.2, 0.25) is 0 Å². The van der Waals surface area contributed by atoms with Crippen molar-refractivity contribution in [2.75, 3.05) is 7.11 Å². The molecule has 0 radical (unpaired) electrons. The van der Waals surface area contributed by atoms with Crippen molar-refractivity contribution >= 4 is 12.0 Å². The van der Waals surface area contributed by atoms with E-state index in [-0.39, 0.29) is 18.0 Å². The SMILES string of the molecule is COc1ccc(C=C(CC(O)NC2CCCCC2)C(=O)O)cc1. The maximum Gasteiger partial charge on any atom is 0.331 e. The lowest BCUT2D eigenvalue weighted by molar-refractivity contribution is -0.133. The van der Waals surface area contributed by atoms with Crippen LogP contribution in [0.25, 0.3) is 6.08 Å². The van der Waals surface area contributed by atoms with Crippen molar-refractivity contribution in [2.45, 2.75) is 50.8 Å². The van der Waals surface area contributed by atoms with E-state index in [1.54, 1.807) is 37.5 Å². The van der Waals surface area contributed by atoms with Gasteiger partial charge in [0, 0.05) is 18.0 Å². The minimum absolute atomic E-state index is 0.0812. The Morgan fingerprint density at radius 3 is 2.52 bits per heavy atom. The molecule has 5 heteroatoms. The number of carboxylic acid groups (broad SMARTS) is 1. The van der Waals surface area contributed by atoms with Gasteiger partial charge in [-0.05, 0) is 36.6 Å². The monoisotopic (exact) mass is 319 g/mol. The van der Waals surface area contributed by atoms with E-state index in [0.717, 1.165) is 37.0 Å². The second-order valence-corrected chi connectivity index (χ2v) is 5.97. The first-order valence-corrected chi connectivity index (χ1v) is 8.10. The molecule has 0 spiro atoms. The van der Waals surface area contributed by atoms with Crippen LogP contribution in [-0.4, -0.2) is 35.6 Å². The molecule has 2 rings (SSSR count). The molecule has 1 aromatic carbocycles. The third-order valence-corrected chi connectivity index (χ3v) is 4.18. The van der Waals surface area contributed by atoms with Crippen LogP contribution in [0.1, 0.15) is 44.1 Å². The predicted molar refractivity (Wildman–Crippen MR) is 89.2 cm³/mol. The van der Waals surface area contributed by atoms with Gasteiger partial charge in [-0.15, -0.1) is 0 Å². The molecule has 126 valence electrons. The highest BCUT2D eigenvalue weighted by atomic mass is 16.5. The minimum atomic E-state index is -1.01. The number of nitrogens with one attached hydrogen (secondary N) is 1. The molecule has 23 heavy (non-hydrogen) atoms. The zero-order chi connectivity index (χ0) is 16.7. The quantitative estimate of drug-likeness (QED) is 0.532. The Morgan fingerprint density at radius 2 is 1.96 bits per heavy atom. The third-order valence-electron chi connectivity index (χ3n) is 4.18. The van der Waals surface area contributed by atoms with Gasteiger partial charge >= 0.3 is 5.97 Å². The van der Waals surface area contributed by atoms with Gasteiger partial charge in [0.1, 0.15) is 12.0 Å². The summed E-state index contributed by atoms with van der Waals surface area (Å²) in [7, 11) is 1.58. The maximum absolute atomic E-state index is 11.4. The van der Waals surface area contributed by atoms with Gasteiger partial charge in [0.05, 0.1) is 7.11 Å². The van der Waals surface area contributed by atoms with Crippen molar-refractivity contribution in [1.82, 2.24) is 5.32 Å². The number of carbonyl (C=O) groups is 1. The summed E-state index contributed by atoms with van der Waals surface area (Å²) in [5.74, 6) is -0.289. The highest BCUT2D eigenvalue weighted by Crippen LogP contribution is 2.20. The van der Waals surface area contributed by atoms with E-state index >= 15 is 0 Å². The van der Waals surface area contributed by atoms with Crippen LogP contribution in [0.15, 0.2) is 29.8 Å². The summed E-state index contributed by atoms with van der Waals surface area (Å²) in [5.41, 5.74) is 0.957. The summed E-state index contributed by atoms with van der Waals surface area (Å²) >= 11 is 0. The maximum atomic E-state index is 11.4. The van der Waals surface area contributed by atoms with Gasteiger partial charge in [0.15, 0.2) is 0 Å². The second-order valence-electron chi connectivity index (χ2n) is 5.97. The van der Waals surface area contributed by atoms with Gasteiger partial charge < -0.3 is 14.9 Å². The number of benzene rings is 1. The third kappa shape index (κ3) is 5.69. The van der Waals surface area contributed by atoms with Crippen LogP contribution in [-0.2, 0) is 4.79 Å². The average molecular weight is 319 g/mol. The molecule has 1 saturated carbocycles. The van der Waals surface area contributed by atoms with E-state index < -0.39 is 12.2 Å². The summed E-state index contributed by atoms with van der Waals surface area (Å²) in [6.45, 7) is 0. The van der Waals surface area contributed by atoms with Crippen molar-refractivity contribution in [2.24, 2.45) is 0 Å². The molecule has 1 aromatic rings. The number of aliphatic hydroxyl groups is 1. The van der Waals surface area contributed by atoms with Crippen LogP contribution in [0, 0.1) is 0 Å². The van der Waals surface area contributed by atoms with Gasteiger partial charge in [-0.2, -0.15) is 0 Å². The number of hydrogen-bond donors (Lipinski definition) is 3. The van der Waals surface area contributed by atoms with Crippen LogP contribution in [0.3, 0.4) is 0 Å². The highest BCUT2D eigenvalue weighted by Gasteiger charge is 2.19. The Labute approximate surface area is 137 Å². The summed E-state index contributed by atoms with van der Waals surface area (Å²) in [6, 6.07) is 7.44. The van der Waals surface area contributed by atoms with Crippen molar-refractivity contribution in [1.29, 1.82) is 0 Å². The largest absolute Gasteiger partial charge is 0.497 e. The van der Waals surface area contributed by atoms with E-state index in [1.165, 1.54) is 6.42 Å². The van der Waals surface area contributed by atoms with Gasteiger partial charge in [-0.1, -0.05) is 31.4 Å². The van der Waals surface area contributed by atoms with Gasteiger partial charge in [0.2, 0.25) is 0 Å². The summed E-state index contributed by atoms with van der Waals surface area (Å²) in [6.07, 6.45) is 6.50. The topological polar surface area (TPSA) is 78.8 Å². The first kappa shape index (κ1) is 17.5. The number of ether oxygens (including phenoxy) is 1. The Kier molecular flexibility index (Phi) is 6.62. The zero-order valence-corrected chi connectivity index (χ0v) is 13.5. The number of rotatable bonds is 7. The summed E-state index contributed by atoms with van der Waals surface area (Å²) < 4.78 is 5.08. The lowest BCUT2D eigenvalue weighted by atomic mass is 9.95. The van der Waals surface area contributed by atoms with Crippen molar-refractivity contribution in [3.8, 4) is 5.75 Å². The summed E-state index contributed by atoms with van der Waals surface area (Å²) in [4.78, 5) is 11.4. The standard InChI is InChI=1S/C18H25NO4/c1-23-16-9-7-13(8-10-16)11-14(18(21)22)12-17(20)19-15-5-3-2-4-6-15/h7-11,15,17,19-20H,2-6,12H2,1H3,(H,21,22). The number of methoxy groups -OCH3 is 1. The molecule has 1 atom stereocenters. The van der Waals surface area contributed by atoms with E-state index in [2.05, 4.69) is 5.32 Å². The molecular formula is C18H25NO4. The Bertz CT molecular complexity index is 532. The molecule has 0 bridgehead atoms. The average Bonchev–Trinajstić information content (AvgIpc) is 2.55. The van der Waals surface area contributed by atoms with Crippen molar-refractivity contribution in [3.05, 3.63) is 35.4 Å². The molecule has 0 aliphatic heterocycles. The second kappa shape index (κ2) is 8.70. The number of aliphatic carboxylic acids is 1. The van der Waals surface area contributed by atoms with E-state index in [0.29, 0.717) is 0 Å². The lowest BCUT2D eigenvalue weighted by Gasteiger charge is -2.26. The smallest absolute Gasteiger partial charge is 0.331 e. The Morgan fingerprint density at radius 1 is 1.30 bits per heavy atom.